The third kappa shape index (κ3) is 4.50. The zero-order valence-electron chi connectivity index (χ0n) is 16.2. The van der Waals surface area contributed by atoms with Crippen molar-refractivity contribution in [1.82, 2.24) is 9.97 Å². The number of hydrogen-bond donors (Lipinski definition) is 1. The highest BCUT2D eigenvalue weighted by atomic mass is 35.5. The van der Waals surface area contributed by atoms with E-state index in [9.17, 15) is 4.79 Å². The van der Waals surface area contributed by atoms with Crippen LogP contribution >= 0.6 is 11.6 Å². The third-order valence-electron chi connectivity index (χ3n) is 4.89. The molecule has 0 unspecified atom stereocenters. The Morgan fingerprint density at radius 1 is 1.22 bits per heavy atom. The highest BCUT2D eigenvalue weighted by Gasteiger charge is 2.20. The van der Waals surface area contributed by atoms with E-state index in [1.54, 1.807) is 32.2 Å². The van der Waals surface area contributed by atoms with Crippen molar-refractivity contribution in [2.24, 2.45) is 5.92 Å². The predicted molar refractivity (Wildman–Crippen MR) is 108 cm³/mol. The number of nitrogens with one attached hydrogen (secondary N) is 1. The highest BCUT2D eigenvalue weighted by Crippen LogP contribution is 2.31. The number of nitrogens with zero attached hydrogens (tertiary/aromatic N) is 3. The van der Waals surface area contributed by atoms with Crippen LogP contribution in [0.5, 0.6) is 5.75 Å². The van der Waals surface area contributed by atoms with Crippen molar-refractivity contribution < 1.29 is 9.53 Å². The number of methoxy groups -OCH3 is 1. The summed E-state index contributed by atoms with van der Waals surface area (Å²) >= 11 is 6.14. The van der Waals surface area contributed by atoms with Gasteiger partial charge in [0, 0.05) is 30.2 Å². The number of carbonyl (C=O) groups is 1. The van der Waals surface area contributed by atoms with Gasteiger partial charge in [-0.2, -0.15) is 0 Å². The second-order valence-corrected chi connectivity index (χ2v) is 7.49. The molecule has 0 bridgehead atoms. The molecule has 3 rings (SSSR count). The number of aryl methyl sites for hydroxylation is 2. The van der Waals surface area contributed by atoms with E-state index in [0.29, 0.717) is 28.0 Å². The van der Waals surface area contributed by atoms with Crippen LogP contribution in [-0.4, -0.2) is 36.1 Å². The number of hydrogen-bond acceptors (Lipinski definition) is 5. The molecule has 1 aromatic heterocycles. The summed E-state index contributed by atoms with van der Waals surface area (Å²) in [6, 6.07) is 5.24. The number of carbonyl (C=O) groups excluding carboxylic acids is 1. The number of rotatable bonds is 4. The van der Waals surface area contributed by atoms with Crippen molar-refractivity contribution in [2.45, 2.75) is 33.6 Å². The van der Waals surface area contributed by atoms with Gasteiger partial charge in [0.2, 0.25) is 0 Å². The Hall–Kier alpha value is -2.34. The van der Waals surface area contributed by atoms with E-state index in [2.05, 4.69) is 27.1 Å². The van der Waals surface area contributed by atoms with Crippen LogP contribution in [0.3, 0.4) is 0 Å². The number of ether oxygens (including phenoxy) is 1. The number of anilines is 2. The zero-order chi connectivity index (χ0) is 19.6. The summed E-state index contributed by atoms with van der Waals surface area (Å²) in [4.78, 5) is 23.9. The Balaban J connectivity index is 1.84. The Bertz CT molecular complexity index is 848. The van der Waals surface area contributed by atoms with Crippen LogP contribution < -0.4 is 15.0 Å². The molecular formula is C20H25ClN4O2. The third-order valence-corrected chi connectivity index (χ3v) is 5.30. The molecule has 6 nitrogen and oxygen atoms in total. The van der Waals surface area contributed by atoms with Crippen LogP contribution in [0.15, 0.2) is 18.2 Å². The highest BCUT2D eigenvalue weighted by molar-refractivity contribution is 6.31. The van der Waals surface area contributed by atoms with Gasteiger partial charge in [-0.15, -0.1) is 0 Å². The van der Waals surface area contributed by atoms with Crippen molar-refractivity contribution in [3.05, 3.63) is 40.3 Å². The first-order valence-electron chi connectivity index (χ1n) is 9.13. The Morgan fingerprint density at radius 3 is 2.59 bits per heavy atom. The number of amides is 1. The van der Waals surface area contributed by atoms with Crippen LogP contribution in [0.1, 0.15) is 41.6 Å². The summed E-state index contributed by atoms with van der Waals surface area (Å²) in [5.41, 5.74) is 1.76. The molecule has 1 saturated heterocycles. The van der Waals surface area contributed by atoms with E-state index >= 15 is 0 Å². The van der Waals surface area contributed by atoms with Gasteiger partial charge in [-0.3, -0.25) is 4.79 Å². The minimum absolute atomic E-state index is 0.299. The minimum atomic E-state index is -0.299. The van der Waals surface area contributed by atoms with Crippen LogP contribution in [0.4, 0.5) is 11.5 Å². The summed E-state index contributed by atoms with van der Waals surface area (Å²) in [7, 11) is 1.54. The molecule has 1 N–H and O–H groups in total. The Morgan fingerprint density at radius 2 is 1.93 bits per heavy atom. The van der Waals surface area contributed by atoms with Crippen molar-refractivity contribution in [2.75, 3.05) is 30.4 Å². The van der Waals surface area contributed by atoms with Crippen LogP contribution in [0, 0.1) is 19.8 Å². The summed E-state index contributed by atoms with van der Waals surface area (Å²) in [5, 5.41) is 3.47. The average molecular weight is 389 g/mol. The monoisotopic (exact) mass is 388 g/mol. The van der Waals surface area contributed by atoms with Gasteiger partial charge < -0.3 is 15.0 Å². The van der Waals surface area contributed by atoms with Gasteiger partial charge in [0.25, 0.3) is 5.91 Å². The normalized spacial score (nSPS) is 14.9. The molecule has 0 saturated carbocycles. The molecule has 144 valence electrons. The lowest BCUT2D eigenvalue weighted by Gasteiger charge is -2.31. The molecule has 1 aliphatic heterocycles. The smallest absolute Gasteiger partial charge is 0.274 e. The van der Waals surface area contributed by atoms with E-state index in [-0.39, 0.29) is 5.91 Å². The number of aromatic nitrogens is 2. The van der Waals surface area contributed by atoms with E-state index in [4.69, 9.17) is 16.3 Å². The van der Waals surface area contributed by atoms with Crippen molar-refractivity contribution >= 4 is 29.0 Å². The van der Waals surface area contributed by atoms with Gasteiger partial charge in [0.15, 0.2) is 0 Å². The van der Waals surface area contributed by atoms with Crippen LogP contribution in [0.25, 0.3) is 0 Å². The minimum Gasteiger partial charge on any atom is -0.495 e. The van der Waals surface area contributed by atoms with Gasteiger partial charge in [0.05, 0.1) is 12.8 Å². The van der Waals surface area contributed by atoms with E-state index in [1.807, 2.05) is 6.92 Å². The number of piperidine rings is 1. The summed E-state index contributed by atoms with van der Waals surface area (Å²) in [5.74, 6) is 2.32. The van der Waals surface area contributed by atoms with E-state index in [1.165, 1.54) is 0 Å². The molecule has 0 spiro atoms. The molecule has 0 aliphatic carbocycles. The fourth-order valence-electron chi connectivity index (χ4n) is 3.18. The topological polar surface area (TPSA) is 67.3 Å². The predicted octanol–water partition coefficient (Wildman–Crippen LogP) is 4.24. The molecule has 1 fully saturated rings. The molecular weight excluding hydrogens is 364 g/mol. The molecule has 0 atom stereocenters. The van der Waals surface area contributed by atoms with Crippen molar-refractivity contribution in [1.29, 1.82) is 0 Å². The van der Waals surface area contributed by atoms with Gasteiger partial charge in [-0.05, 0) is 44.2 Å². The van der Waals surface area contributed by atoms with E-state index in [0.717, 1.165) is 43.2 Å². The maximum Gasteiger partial charge on any atom is 0.274 e. The standard InChI is InChI=1S/C20H25ClN4O2/c1-12-5-7-25(8-6-12)19-11-17(22-14(3)23-19)20(26)24-16-9-13(2)15(21)10-18(16)27-4/h9-12H,5-8H2,1-4H3,(H,24,26). The molecule has 1 amide bonds. The lowest BCUT2D eigenvalue weighted by molar-refractivity contribution is 0.102. The first-order valence-corrected chi connectivity index (χ1v) is 9.51. The Kier molecular flexibility index (Phi) is 5.85. The fraction of sp³-hybridized carbons (Fsp3) is 0.450. The molecule has 27 heavy (non-hydrogen) atoms. The van der Waals surface area contributed by atoms with Crippen molar-refractivity contribution in [3.63, 3.8) is 0 Å². The maximum atomic E-state index is 12.8. The molecule has 2 aromatic rings. The fourth-order valence-corrected chi connectivity index (χ4v) is 3.34. The van der Waals surface area contributed by atoms with Gasteiger partial charge in [-0.1, -0.05) is 18.5 Å². The Labute approximate surface area is 164 Å². The van der Waals surface area contributed by atoms with Crippen LogP contribution in [0.2, 0.25) is 5.02 Å². The quantitative estimate of drug-likeness (QED) is 0.848. The van der Waals surface area contributed by atoms with Gasteiger partial charge in [-0.25, -0.2) is 9.97 Å². The second kappa shape index (κ2) is 8.13. The summed E-state index contributed by atoms with van der Waals surface area (Å²) in [6.07, 6.45) is 2.26. The molecule has 1 aliphatic rings. The number of halogens is 1. The first-order chi connectivity index (χ1) is 12.9. The molecule has 7 heteroatoms. The average Bonchev–Trinajstić information content (AvgIpc) is 2.64. The molecule has 1 aromatic carbocycles. The van der Waals surface area contributed by atoms with Crippen molar-refractivity contribution in [3.8, 4) is 5.75 Å². The first kappa shape index (κ1) is 19.4. The zero-order valence-corrected chi connectivity index (χ0v) is 16.9. The summed E-state index contributed by atoms with van der Waals surface area (Å²) in [6.45, 7) is 7.84. The van der Waals surface area contributed by atoms with Gasteiger partial charge >= 0.3 is 0 Å². The second-order valence-electron chi connectivity index (χ2n) is 7.08. The lowest BCUT2D eigenvalue weighted by atomic mass is 9.99. The molecule has 2 heterocycles. The lowest BCUT2D eigenvalue weighted by Crippen LogP contribution is -2.34. The number of benzene rings is 1. The SMILES string of the molecule is COc1cc(Cl)c(C)cc1NC(=O)c1cc(N2CCC(C)CC2)nc(C)n1. The maximum absolute atomic E-state index is 12.8. The van der Waals surface area contributed by atoms with E-state index < -0.39 is 0 Å². The largest absolute Gasteiger partial charge is 0.495 e. The molecule has 0 radical (unpaired) electrons. The summed E-state index contributed by atoms with van der Waals surface area (Å²) < 4.78 is 5.33. The van der Waals surface area contributed by atoms with Gasteiger partial charge in [0.1, 0.15) is 23.1 Å². The van der Waals surface area contributed by atoms with Crippen LogP contribution in [-0.2, 0) is 0 Å².